The van der Waals surface area contributed by atoms with E-state index in [0.717, 1.165) is 12.0 Å². The average Bonchev–Trinajstić information content (AvgIpc) is 3.37. The second kappa shape index (κ2) is 9.35. The van der Waals surface area contributed by atoms with Gasteiger partial charge in [-0.1, -0.05) is 53.2 Å². The third-order valence-corrected chi connectivity index (χ3v) is 7.80. The SMILES string of the molecule is CCCNC(=O)[C@H]1[C@@H]2OC3(CC2Br)C(C(=O)NC(C)C)N([C@H](CO)c2ccccc2)C(=O)[C@H]13. The zero-order valence-electron chi connectivity index (χ0n) is 19.2. The number of carbonyl (C=O) groups excluding carboxylic acids is 3. The van der Waals surface area contributed by atoms with Crippen LogP contribution in [-0.4, -0.2) is 69.5 Å². The molecule has 7 atom stereocenters. The monoisotopic (exact) mass is 521 g/mol. The Morgan fingerprint density at radius 2 is 1.97 bits per heavy atom. The second-order valence-electron chi connectivity index (χ2n) is 9.47. The van der Waals surface area contributed by atoms with Gasteiger partial charge in [0.15, 0.2) is 0 Å². The molecule has 3 N–H and O–H groups in total. The molecule has 33 heavy (non-hydrogen) atoms. The number of fused-ring (bicyclic) bond motifs is 1. The quantitative estimate of drug-likeness (QED) is 0.449. The summed E-state index contributed by atoms with van der Waals surface area (Å²) in [7, 11) is 0. The summed E-state index contributed by atoms with van der Waals surface area (Å²) in [5, 5.41) is 16.2. The van der Waals surface area contributed by atoms with Crippen LogP contribution in [0.15, 0.2) is 30.3 Å². The Bertz CT molecular complexity index is 913. The molecule has 3 aliphatic heterocycles. The van der Waals surface area contributed by atoms with E-state index < -0.39 is 35.6 Å². The van der Waals surface area contributed by atoms with Crippen LogP contribution in [0.5, 0.6) is 0 Å². The third-order valence-electron chi connectivity index (χ3n) is 6.95. The maximum absolute atomic E-state index is 14.0. The Balaban J connectivity index is 1.80. The van der Waals surface area contributed by atoms with Crippen LogP contribution in [0.2, 0.25) is 0 Å². The standard InChI is InChI=1S/C24H32BrN3O5/c1-4-10-26-21(30)17-18-23(32)28(16(12-29)14-8-6-5-7-9-14)20(22(31)27-13(2)3)24(18)11-15(25)19(17)33-24/h5-9,13,15-20,29H,4,10-12H2,1-3H3,(H,26,30)(H,27,31)/t15?,16-,17-,18+,19-,20?,24?/m1/s1. The van der Waals surface area contributed by atoms with Crippen molar-refractivity contribution in [1.29, 1.82) is 0 Å². The lowest BCUT2D eigenvalue weighted by molar-refractivity contribution is -0.146. The molecular weight excluding hydrogens is 490 g/mol. The number of nitrogens with zero attached hydrogens (tertiary/aromatic N) is 1. The van der Waals surface area contributed by atoms with Gasteiger partial charge in [0.25, 0.3) is 0 Å². The van der Waals surface area contributed by atoms with Crippen molar-refractivity contribution in [1.82, 2.24) is 15.5 Å². The summed E-state index contributed by atoms with van der Waals surface area (Å²) in [6, 6.07) is 7.35. The topological polar surface area (TPSA) is 108 Å². The van der Waals surface area contributed by atoms with Crippen LogP contribution < -0.4 is 10.6 Å². The number of hydrogen-bond acceptors (Lipinski definition) is 5. The predicted molar refractivity (Wildman–Crippen MR) is 125 cm³/mol. The van der Waals surface area contributed by atoms with Crippen molar-refractivity contribution >= 4 is 33.7 Å². The molecule has 2 bridgehead atoms. The van der Waals surface area contributed by atoms with E-state index in [-0.39, 0.29) is 35.2 Å². The molecule has 1 aromatic carbocycles. The van der Waals surface area contributed by atoms with Crippen molar-refractivity contribution in [2.75, 3.05) is 13.2 Å². The molecule has 0 aliphatic carbocycles. The second-order valence-corrected chi connectivity index (χ2v) is 10.6. The van der Waals surface area contributed by atoms with E-state index in [4.69, 9.17) is 4.74 Å². The van der Waals surface area contributed by atoms with Crippen molar-refractivity contribution in [3.63, 3.8) is 0 Å². The van der Waals surface area contributed by atoms with Crippen LogP contribution in [0.3, 0.4) is 0 Å². The molecule has 3 saturated heterocycles. The normalized spacial score (nSPS) is 33.3. The first-order chi connectivity index (χ1) is 15.8. The molecule has 0 saturated carbocycles. The summed E-state index contributed by atoms with van der Waals surface area (Å²) in [4.78, 5) is 42.0. The molecule has 180 valence electrons. The molecule has 3 heterocycles. The van der Waals surface area contributed by atoms with E-state index >= 15 is 0 Å². The number of hydrogen-bond donors (Lipinski definition) is 3. The molecule has 0 aromatic heterocycles. The molecular formula is C24H32BrN3O5. The number of carbonyl (C=O) groups is 3. The van der Waals surface area contributed by atoms with Crippen molar-refractivity contribution in [2.24, 2.45) is 11.8 Å². The number of nitrogens with one attached hydrogen (secondary N) is 2. The van der Waals surface area contributed by atoms with Gasteiger partial charge in [-0.2, -0.15) is 0 Å². The summed E-state index contributed by atoms with van der Waals surface area (Å²) in [5.74, 6) is -2.35. The molecule has 3 aliphatic rings. The van der Waals surface area contributed by atoms with Crippen LogP contribution in [-0.2, 0) is 19.1 Å². The minimum Gasteiger partial charge on any atom is -0.394 e. The molecule has 9 heteroatoms. The Morgan fingerprint density at radius 3 is 2.58 bits per heavy atom. The fourth-order valence-electron chi connectivity index (χ4n) is 5.76. The first-order valence-corrected chi connectivity index (χ1v) is 12.6. The van der Waals surface area contributed by atoms with Crippen LogP contribution in [0.1, 0.15) is 45.2 Å². The van der Waals surface area contributed by atoms with Gasteiger partial charge in [0, 0.05) is 17.4 Å². The highest BCUT2D eigenvalue weighted by Crippen LogP contribution is 2.61. The van der Waals surface area contributed by atoms with E-state index in [1.54, 1.807) is 0 Å². The number of likely N-dealkylation sites (tertiary alicyclic amines) is 1. The zero-order chi connectivity index (χ0) is 23.9. The van der Waals surface area contributed by atoms with Crippen molar-refractivity contribution < 1.29 is 24.2 Å². The lowest BCUT2D eigenvalue weighted by Crippen LogP contribution is -2.57. The number of rotatable bonds is 8. The van der Waals surface area contributed by atoms with Gasteiger partial charge in [0.2, 0.25) is 17.7 Å². The number of alkyl halides is 1. The van der Waals surface area contributed by atoms with Crippen molar-refractivity contribution in [2.45, 2.75) is 68.3 Å². The molecule has 8 nitrogen and oxygen atoms in total. The highest BCUT2D eigenvalue weighted by Gasteiger charge is 2.77. The molecule has 3 amide bonds. The van der Waals surface area contributed by atoms with Gasteiger partial charge in [-0.15, -0.1) is 0 Å². The van der Waals surface area contributed by atoms with E-state index in [2.05, 4.69) is 26.6 Å². The van der Waals surface area contributed by atoms with Crippen LogP contribution in [0, 0.1) is 11.8 Å². The first-order valence-electron chi connectivity index (χ1n) is 11.6. The van der Waals surface area contributed by atoms with Gasteiger partial charge in [-0.25, -0.2) is 0 Å². The number of aliphatic hydroxyl groups is 1. The van der Waals surface area contributed by atoms with Gasteiger partial charge in [-0.3, -0.25) is 14.4 Å². The fourth-order valence-corrected chi connectivity index (χ4v) is 6.70. The number of aliphatic hydroxyl groups excluding tert-OH is 1. The molecule has 1 spiro atoms. The molecule has 3 fully saturated rings. The number of ether oxygens (including phenoxy) is 1. The van der Waals surface area contributed by atoms with Crippen LogP contribution in [0.4, 0.5) is 0 Å². The Morgan fingerprint density at radius 1 is 1.27 bits per heavy atom. The van der Waals surface area contributed by atoms with E-state index in [1.165, 1.54) is 4.90 Å². The number of benzene rings is 1. The van der Waals surface area contributed by atoms with Gasteiger partial charge in [-0.05, 0) is 32.3 Å². The summed E-state index contributed by atoms with van der Waals surface area (Å²) < 4.78 is 6.44. The van der Waals surface area contributed by atoms with E-state index in [0.29, 0.717) is 13.0 Å². The summed E-state index contributed by atoms with van der Waals surface area (Å²) in [6.45, 7) is 5.84. The average molecular weight is 522 g/mol. The van der Waals surface area contributed by atoms with Crippen molar-refractivity contribution in [3.05, 3.63) is 35.9 Å². The number of halogens is 1. The Kier molecular flexibility index (Phi) is 6.85. The van der Waals surface area contributed by atoms with Gasteiger partial charge in [0.1, 0.15) is 11.6 Å². The largest absolute Gasteiger partial charge is 0.394 e. The maximum atomic E-state index is 14.0. The Labute approximate surface area is 202 Å². The molecule has 4 rings (SSSR count). The van der Waals surface area contributed by atoms with E-state index in [9.17, 15) is 19.5 Å². The van der Waals surface area contributed by atoms with Gasteiger partial charge >= 0.3 is 0 Å². The Hall–Kier alpha value is -1.97. The summed E-state index contributed by atoms with van der Waals surface area (Å²) >= 11 is 3.65. The lowest BCUT2D eigenvalue weighted by atomic mass is 9.70. The minimum absolute atomic E-state index is 0.142. The van der Waals surface area contributed by atoms with Gasteiger partial charge < -0.3 is 25.4 Å². The van der Waals surface area contributed by atoms with E-state index in [1.807, 2.05) is 51.1 Å². The smallest absolute Gasteiger partial charge is 0.246 e. The third kappa shape index (κ3) is 3.88. The highest BCUT2D eigenvalue weighted by atomic mass is 79.9. The maximum Gasteiger partial charge on any atom is 0.246 e. The lowest BCUT2D eigenvalue weighted by Gasteiger charge is -2.37. The minimum atomic E-state index is -1.13. The molecule has 3 unspecified atom stereocenters. The summed E-state index contributed by atoms with van der Waals surface area (Å²) in [5.41, 5.74) is -0.408. The fraction of sp³-hybridized carbons (Fsp3) is 0.625. The predicted octanol–water partition coefficient (Wildman–Crippen LogP) is 1.52. The van der Waals surface area contributed by atoms with Crippen LogP contribution in [0.25, 0.3) is 0 Å². The molecule has 1 aromatic rings. The van der Waals surface area contributed by atoms with Gasteiger partial charge in [0.05, 0.1) is 30.6 Å². The van der Waals surface area contributed by atoms with Crippen LogP contribution >= 0.6 is 15.9 Å². The first kappa shape index (κ1) is 24.2. The summed E-state index contributed by atoms with van der Waals surface area (Å²) in [6.07, 6.45) is 0.722. The highest BCUT2D eigenvalue weighted by molar-refractivity contribution is 9.09. The molecule has 0 radical (unpaired) electrons. The zero-order valence-corrected chi connectivity index (χ0v) is 20.7. The number of amides is 3. The van der Waals surface area contributed by atoms with Crippen molar-refractivity contribution in [3.8, 4) is 0 Å².